The Balaban J connectivity index is 1.42. The van der Waals surface area contributed by atoms with Crippen LogP contribution >= 0.6 is 0 Å². The first-order valence-corrected chi connectivity index (χ1v) is 12.1. The summed E-state index contributed by atoms with van der Waals surface area (Å²) in [5.41, 5.74) is 0.861. The fraction of sp³-hybridized carbons (Fsp3) is 0.478. The number of fused-ring (bicyclic) bond motifs is 1. The van der Waals surface area contributed by atoms with Crippen molar-refractivity contribution in [2.45, 2.75) is 48.9 Å². The molecule has 0 spiro atoms. The normalized spacial score (nSPS) is 23.3. The van der Waals surface area contributed by atoms with Gasteiger partial charge in [-0.05, 0) is 68.6 Å². The Bertz CT molecular complexity index is 920. The maximum Gasteiger partial charge on any atom is 0.188 e. The molecule has 2 aromatic carbocycles. The van der Waals surface area contributed by atoms with Crippen molar-refractivity contribution in [2.24, 2.45) is 0 Å². The molecule has 0 amide bonds. The first-order chi connectivity index (χ1) is 14.1. The lowest BCUT2D eigenvalue weighted by Crippen LogP contribution is -2.35. The second kappa shape index (κ2) is 8.76. The minimum atomic E-state index is -3.43. The summed E-state index contributed by atoms with van der Waals surface area (Å²) < 4.78 is 38.1. The Morgan fingerprint density at radius 2 is 1.79 bits per heavy atom. The Labute approximate surface area is 173 Å². The fourth-order valence-electron chi connectivity index (χ4n) is 4.28. The van der Waals surface area contributed by atoms with E-state index in [-0.39, 0.29) is 0 Å². The Hall–Kier alpha value is -2.05. The molecular weight excluding hydrogens is 386 g/mol. The lowest BCUT2D eigenvalue weighted by atomic mass is 10.0. The molecule has 0 unspecified atom stereocenters. The highest BCUT2D eigenvalue weighted by atomic mass is 32.2. The zero-order valence-electron chi connectivity index (χ0n) is 16.9. The predicted molar refractivity (Wildman–Crippen MR) is 113 cm³/mol. The second-order valence-corrected chi connectivity index (χ2v) is 9.93. The van der Waals surface area contributed by atoms with Crippen molar-refractivity contribution in [2.75, 3.05) is 26.2 Å². The summed E-state index contributed by atoms with van der Waals surface area (Å²) in [6.45, 7) is 6.09. The lowest BCUT2D eigenvalue weighted by Gasteiger charge is -2.33. The van der Waals surface area contributed by atoms with Crippen LogP contribution in [0.4, 0.5) is 0 Å². The molecule has 6 heteroatoms. The van der Waals surface area contributed by atoms with Gasteiger partial charge < -0.3 is 14.4 Å². The molecule has 0 saturated carbocycles. The van der Waals surface area contributed by atoms with Crippen molar-refractivity contribution < 1.29 is 17.9 Å². The van der Waals surface area contributed by atoms with Crippen LogP contribution in [0.5, 0.6) is 11.5 Å². The topological polar surface area (TPSA) is 55.8 Å². The molecular formula is C23H29NO4S. The highest BCUT2D eigenvalue weighted by Crippen LogP contribution is 2.42. The van der Waals surface area contributed by atoms with Gasteiger partial charge in [-0.2, -0.15) is 0 Å². The molecule has 4 rings (SSSR count). The highest BCUT2D eigenvalue weighted by molar-refractivity contribution is 7.92. The van der Waals surface area contributed by atoms with E-state index in [9.17, 15) is 8.42 Å². The zero-order chi connectivity index (χ0) is 20.3. The molecule has 2 aliphatic heterocycles. The van der Waals surface area contributed by atoms with Gasteiger partial charge in [-0.3, -0.25) is 0 Å². The third kappa shape index (κ3) is 4.28. The number of ether oxygens (including phenoxy) is 2. The van der Waals surface area contributed by atoms with Gasteiger partial charge in [0.05, 0.1) is 6.61 Å². The molecule has 0 aliphatic carbocycles. The monoisotopic (exact) mass is 415 g/mol. The van der Waals surface area contributed by atoms with Crippen LogP contribution in [0.3, 0.4) is 0 Å². The molecule has 0 N–H and O–H groups in total. The number of likely N-dealkylation sites (tertiary alicyclic amines) is 1. The standard InChI is InChI=1S/C23H29NO4S/c1-2-21-23(28-20-8-3-4-9-22(20)29(21,25)26)18-10-12-19(13-11-18)27-17-7-16-24-14-5-6-15-24/h3-4,8-13,21,23H,2,5-7,14-17H2,1H3/t21-,23+/m0/s1. The number of rotatable bonds is 7. The number of hydrogen-bond donors (Lipinski definition) is 0. The predicted octanol–water partition coefficient (Wildman–Crippen LogP) is 4.24. The summed E-state index contributed by atoms with van der Waals surface area (Å²) in [6, 6.07) is 14.6. The molecule has 5 nitrogen and oxygen atoms in total. The SMILES string of the molecule is CC[C@H]1[C@@H](c2ccc(OCCCN3CCCC3)cc2)Oc2ccccc2S1(=O)=O. The van der Waals surface area contributed by atoms with E-state index in [1.807, 2.05) is 31.2 Å². The van der Waals surface area contributed by atoms with Crippen molar-refractivity contribution >= 4 is 9.84 Å². The van der Waals surface area contributed by atoms with E-state index >= 15 is 0 Å². The van der Waals surface area contributed by atoms with Gasteiger partial charge in [0.1, 0.15) is 27.7 Å². The number of sulfone groups is 1. The second-order valence-electron chi connectivity index (χ2n) is 7.80. The Morgan fingerprint density at radius 1 is 1.07 bits per heavy atom. The van der Waals surface area contributed by atoms with Gasteiger partial charge >= 0.3 is 0 Å². The van der Waals surface area contributed by atoms with E-state index in [2.05, 4.69) is 4.90 Å². The van der Waals surface area contributed by atoms with E-state index in [1.54, 1.807) is 24.3 Å². The molecule has 2 atom stereocenters. The summed E-state index contributed by atoms with van der Waals surface area (Å²) in [5, 5.41) is -0.593. The van der Waals surface area contributed by atoms with Crippen LogP contribution in [0.25, 0.3) is 0 Å². The minimum Gasteiger partial charge on any atom is -0.494 e. The summed E-state index contributed by atoms with van der Waals surface area (Å²) in [4.78, 5) is 2.77. The molecule has 2 heterocycles. The van der Waals surface area contributed by atoms with Gasteiger partial charge in [0.15, 0.2) is 9.84 Å². The van der Waals surface area contributed by atoms with Crippen LogP contribution in [-0.4, -0.2) is 44.8 Å². The molecule has 29 heavy (non-hydrogen) atoms. The van der Waals surface area contributed by atoms with Crippen LogP contribution in [0.1, 0.15) is 44.3 Å². The molecule has 2 aliphatic rings. The molecule has 156 valence electrons. The van der Waals surface area contributed by atoms with Crippen molar-refractivity contribution in [3.63, 3.8) is 0 Å². The average molecular weight is 416 g/mol. The third-order valence-corrected chi connectivity index (χ3v) is 8.17. The van der Waals surface area contributed by atoms with Gasteiger partial charge in [-0.15, -0.1) is 0 Å². The molecule has 0 bridgehead atoms. The van der Waals surface area contributed by atoms with E-state index < -0.39 is 21.2 Å². The van der Waals surface area contributed by atoms with Gasteiger partial charge in [-0.1, -0.05) is 31.2 Å². The quantitative estimate of drug-likeness (QED) is 0.633. The van der Waals surface area contributed by atoms with Crippen molar-refractivity contribution in [3.8, 4) is 11.5 Å². The van der Waals surface area contributed by atoms with Crippen molar-refractivity contribution in [1.29, 1.82) is 0 Å². The molecule has 1 saturated heterocycles. The first-order valence-electron chi connectivity index (χ1n) is 10.5. The largest absolute Gasteiger partial charge is 0.494 e. The number of para-hydroxylation sites is 1. The van der Waals surface area contributed by atoms with Crippen LogP contribution in [0.15, 0.2) is 53.4 Å². The fourth-order valence-corrected chi connectivity index (χ4v) is 6.24. The van der Waals surface area contributed by atoms with Gasteiger partial charge in [0.25, 0.3) is 0 Å². The van der Waals surface area contributed by atoms with Gasteiger partial charge in [0.2, 0.25) is 0 Å². The van der Waals surface area contributed by atoms with Crippen LogP contribution in [-0.2, 0) is 9.84 Å². The van der Waals surface area contributed by atoms with E-state index in [4.69, 9.17) is 9.47 Å². The Morgan fingerprint density at radius 3 is 2.52 bits per heavy atom. The molecule has 2 aromatic rings. The van der Waals surface area contributed by atoms with Crippen molar-refractivity contribution in [1.82, 2.24) is 4.90 Å². The number of hydrogen-bond acceptors (Lipinski definition) is 5. The summed E-state index contributed by atoms with van der Waals surface area (Å²) in [7, 11) is -3.43. The Kier molecular flexibility index (Phi) is 6.11. The van der Waals surface area contributed by atoms with Crippen molar-refractivity contribution in [3.05, 3.63) is 54.1 Å². The third-order valence-electron chi connectivity index (χ3n) is 5.84. The first kappa shape index (κ1) is 20.2. The van der Waals surface area contributed by atoms with Gasteiger partial charge in [0, 0.05) is 6.54 Å². The number of nitrogens with zero attached hydrogens (tertiary/aromatic N) is 1. The average Bonchev–Trinajstić information content (AvgIpc) is 3.25. The lowest BCUT2D eigenvalue weighted by molar-refractivity contribution is 0.181. The molecule has 0 radical (unpaired) electrons. The van der Waals surface area contributed by atoms with Gasteiger partial charge in [-0.25, -0.2) is 8.42 Å². The van der Waals surface area contributed by atoms with Crippen LogP contribution in [0, 0.1) is 0 Å². The number of benzene rings is 2. The maximum atomic E-state index is 13.1. The summed E-state index contributed by atoms with van der Waals surface area (Å²) in [5.74, 6) is 1.24. The minimum absolute atomic E-state index is 0.293. The van der Waals surface area contributed by atoms with Crippen LogP contribution in [0.2, 0.25) is 0 Å². The summed E-state index contributed by atoms with van der Waals surface area (Å²) >= 11 is 0. The molecule has 1 fully saturated rings. The highest BCUT2D eigenvalue weighted by Gasteiger charge is 2.41. The smallest absolute Gasteiger partial charge is 0.188 e. The maximum absolute atomic E-state index is 13.1. The zero-order valence-corrected chi connectivity index (χ0v) is 17.7. The molecule has 0 aromatic heterocycles. The van der Waals surface area contributed by atoms with E-state index in [1.165, 1.54) is 25.9 Å². The van der Waals surface area contributed by atoms with E-state index in [0.717, 1.165) is 24.3 Å². The van der Waals surface area contributed by atoms with Crippen LogP contribution < -0.4 is 9.47 Å². The summed E-state index contributed by atoms with van der Waals surface area (Å²) in [6.07, 6.45) is 3.62. The van der Waals surface area contributed by atoms with E-state index in [0.29, 0.717) is 23.7 Å².